The molecule has 0 aliphatic rings. The average Bonchev–Trinajstić information content (AvgIpc) is 3.11. The highest BCUT2D eigenvalue weighted by atomic mass is 16.1. The molecule has 106 valence electrons. The molecule has 0 unspecified atom stereocenters. The normalized spacial score (nSPS) is 10.5. The van der Waals surface area contributed by atoms with E-state index in [1.54, 1.807) is 23.3 Å². The zero-order valence-corrected chi connectivity index (χ0v) is 11.4. The maximum atomic E-state index is 12.4. The first-order chi connectivity index (χ1) is 10.2. The van der Waals surface area contributed by atoms with E-state index in [1.807, 2.05) is 25.1 Å². The largest absolute Gasteiger partial charge is 0.328 e. The van der Waals surface area contributed by atoms with Crippen LogP contribution in [-0.2, 0) is 6.54 Å². The van der Waals surface area contributed by atoms with Gasteiger partial charge in [-0.2, -0.15) is 5.10 Å². The summed E-state index contributed by atoms with van der Waals surface area (Å²) < 4.78 is 1.67. The van der Waals surface area contributed by atoms with E-state index in [0.29, 0.717) is 18.1 Å². The quantitative estimate of drug-likeness (QED) is 0.761. The van der Waals surface area contributed by atoms with E-state index in [-0.39, 0.29) is 5.91 Å². The Morgan fingerprint density at radius 1 is 1.38 bits per heavy atom. The number of benzene rings is 1. The van der Waals surface area contributed by atoms with Crippen molar-refractivity contribution >= 4 is 11.9 Å². The number of aryl methyl sites for hydroxylation is 1. The van der Waals surface area contributed by atoms with Crippen LogP contribution in [0.4, 0.5) is 5.95 Å². The van der Waals surface area contributed by atoms with Gasteiger partial charge in [0.1, 0.15) is 12.7 Å². The highest BCUT2D eigenvalue weighted by Gasteiger charge is 2.12. The number of carbonyl (C=O) groups is 1. The van der Waals surface area contributed by atoms with Gasteiger partial charge in [-0.1, -0.05) is 18.2 Å². The van der Waals surface area contributed by atoms with Crippen molar-refractivity contribution in [1.29, 1.82) is 0 Å². The fourth-order valence-corrected chi connectivity index (χ4v) is 2.02. The molecule has 2 N–H and O–H groups in total. The Balaban J connectivity index is 1.82. The van der Waals surface area contributed by atoms with Gasteiger partial charge in [0.05, 0.1) is 6.54 Å². The number of anilines is 1. The van der Waals surface area contributed by atoms with Gasteiger partial charge in [-0.25, -0.2) is 14.6 Å². The standard InChI is InChI=1S/C14H14N6O/c1-10-6-16-14(18-10)19-13(21)12-5-3-2-4-11(12)7-20-9-15-8-17-20/h2-6,8-9H,7H2,1H3,(H2,16,18,19,21). The van der Waals surface area contributed by atoms with Gasteiger partial charge in [-0.3, -0.25) is 10.1 Å². The third-order valence-corrected chi connectivity index (χ3v) is 3.00. The van der Waals surface area contributed by atoms with E-state index >= 15 is 0 Å². The molecular formula is C14H14N6O. The second kappa shape index (κ2) is 5.58. The number of rotatable bonds is 4. The minimum atomic E-state index is -0.208. The van der Waals surface area contributed by atoms with E-state index in [1.165, 1.54) is 6.33 Å². The van der Waals surface area contributed by atoms with Crippen molar-refractivity contribution in [3.8, 4) is 0 Å². The summed E-state index contributed by atoms with van der Waals surface area (Å²) in [6.07, 6.45) is 4.75. The van der Waals surface area contributed by atoms with Crippen molar-refractivity contribution in [2.45, 2.75) is 13.5 Å². The highest BCUT2D eigenvalue weighted by molar-refractivity contribution is 6.04. The number of nitrogens with one attached hydrogen (secondary N) is 2. The van der Waals surface area contributed by atoms with Gasteiger partial charge in [0.25, 0.3) is 5.91 Å². The maximum absolute atomic E-state index is 12.4. The molecule has 3 aromatic rings. The molecule has 1 aromatic carbocycles. The molecule has 2 heterocycles. The van der Waals surface area contributed by atoms with Gasteiger partial charge in [-0.05, 0) is 18.6 Å². The number of amides is 1. The molecule has 2 aromatic heterocycles. The molecule has 0 saturated heterocycles. The summed E-state index contributed by atoms with van der Waals surface area (Å²) in [5.41, 5.74) is 2.34. The third-order valence-electron chi connectivity index (χ3n) is 3.00. The monoisotopic (exact) mass is 282 g/mol. The van der Waals surface area contributed by atoms with Crippen LogP contribution in [0.15, 0.2) is 43.1 Å². The summed E-state index contributed by atoms with van der Waals surface area (Å²) in [5.74, 6) is 0.230. The predicted octanol–water partition coefficient (Wildman–Crippen LogP) is 1.61. The van der Waals surface area contributed by atoms with Crippen molar-refractivity contribution < 1.29 is 4.79 Å². The Morgan fingerprint density at radius 2 is 2.24 bits per heavy atom. The van der Waals surface area contributed by atoms with Crippen LogP contribution in [0.5, 0.6) is 0 Å². The molecule has 0 aliphatic heterocycles. The second-order valence-corrected chi connectivity index (χ2v) is 4.62. The minimum Gasteiger partial charge on any atom is -0.328 e. The van der Waals surface area contributed by atoms with Crippen LogP contribution in [0.2, 0.25) is 0 Å². The highest BCUT2D eigenvalue weighted by Crippen LogP contribution is 2.12. The molecule has 0 spiro atoms. The van der Waals surface area contributed by atoms with Gasteiger partial charge >= 0.3 is 0 Å². The summed E-state index contributed by atoms with van der Waals surface area (Å²) in [7, 11) is 0. The van der Waals surface area contributed by atoms with Crippen LogP contribution < -0.4 is 5.32 Å². The summed E-state index contributed by atoms with van der Waals surface area (Å²) in [5, 5.41) is 6.80. The molecule has 0 saturated carbocycles. The SMILES string of the molecule is Cc1cnc(NC(=O)c2ccccc2Cn2cncn2)[nH]1. The van der Waals surface area contributed by atoms with Crippen molar-refractivity contribution in [2.24, 2.45) is 0 Å². The lowest BCUT2D eigenvalue weighted by Crippen LogP contribution is -2.16. The molecule has 7 heteroatoms. The number of aromatic amines is 1. The van der Waals surface area contributed by atoms with Crippen molar-refractivity contribution in [1.82, 2.24) is 24.7 Å². The first kappa shape index (κ1) is 13.0. The molecule has 0 fully saturated rings. The Labute approximate surface area is 121 Å². The Morgan fingerprint density at radius 3 is 2.95 bits per heavy atom. The molecular weight excluding hydrogens is 268 g/mol. The smallest absolute Gasteiger partial charge is 0.258 e. The van der Waals surface area contributed by atoms with Gasteiger partial charge in [0, 0.05) is 17.5 Å². The van der Waals surface area contributed by atoms with Crippen molar-refractivity contribution in [3.05, 3.63) is 59.9 Å². The van der Waals surface area contributed by atoms with E-state index < -0.39 is 0 Å². The molecule has 0 aliphatic carbocycles. The molecule has 0 atom stereocenters. The Bertz CT molecular complexity index is 746. The first-order valence-corrected chi connectivity index (χ1v) is 6.45. The van der Waals surface area contributed by atoms with Crippen LogP contribution >= 0.6 is 0 Å². The van der Waals surface area contributed by atoms with E-state index in [4.69, 9.17) is 0 Å². The molecule has 0 radical (unpaired) electrons. The van der Waals surface area contributed by atoms with Crippen molar-refractivity contribution in [3.63, 3.8) is 0 Å². The van der Waals surface area contributed by atoms with Crippen LogP contribution in [0.25, 0.3) is 0 Å². The first-order valence-electron chi connectivity index (χ1n) is 6.45. The van der Waals surface area contributed by atoms with E-state index in [2.05, 4.69) is 25.4 Å². The van der Waals surface area contributed by atoms with Gasteiger partial charge < -0.3 is 4.98 Å². The summed E-state index contributed by atoms with van der Waals surface area (Å²) in [6.45, 7) is 2.36. The lowest BCUT2D eigenvalue weighted by Gasteiger charge is -2.08. The number of imidazole rings is 1. The molecule has 7 nitrogen and oxygen atoms in total. The van der Waals surface area contributed by atoms with Crippen LogP contribution in [-0.4, -0.2) is 30.6 Å². The maximum Gasteiger partial charge on any atom is 0.258 e. The summed E-state index contributed by atoms with van der Waals surface area (Å²) in [6, 6.07) is 7.38. The Hall–Kier alpha value is -2.96. The number of carbonyl (C=O) groups excluding carboxylic acids is 1. The summed E-state index contributed by atoms with van der Waals surface area (Å²) in [4.78, 5) is 23.3. The Kier molecular flexibility index (Phi) is 3.46. The number of hydrogen-bond acceptors (Lipinski definition) is 4. The molecule has 1 amide bonds. The van der Waals surface area contributed by atoms with E-state index in [0.717, 1.165) is 11.3 Å². The van der Waals surface area contributed by atoms with E-state index in [9.17, 15) is 4.79 Å². The lowest BCUT2D eigenvalue weighted by molar-refractivity contribution is 0.102. The van der Waals surface area contributed by atoms with Gasteiger partial charge in [0.2, 0.25) is 5.95 Å². The number of H-pyrrole nitrogens is 1. The molecule has 21 heavy (non-hydrogen) atoms. The molecule has 0 bridgehead atoms. The molecule has 3 rings (SSSR count). The van der Waals surface area contributed by atoms with Crippen LogP contribution in [0.1, 0.15) is 21.6 Å². The topological polar surface area (TPSA) is 88.5 Å². The van der Waals surface area contributed by atoms with Crippen molar-refractivity contribution in [2.75, 3.05) is 5.32 Å². The minimum absolute atomic E-state index is 0.208. The van der Waals surface area contributed by atoms with Gasteiger partial charge in [0.15, 0.2) is 0 Å². The number of aromatic nitrogens is 5. The second-order valence-electron chi connectivity index (χ2n) is 4.62. The fourth-order valence-electron chi connectivity index (χ4n) is 2.02. The number of nitrogens with zero attached hydrogens (tertiary/aromatic N) is 4. The van der Waals surface area contributed by atoms with Crippen LogP contribution in [0.3, 0.4) is 0 Å². The zero-order valence-electron chi connectivity index (χ0n) is 11.4. The number of hydrogen-bond donors (Lipinski definition) is 2. The third kappa shape index (κ3) is 2.97. The summed E-state index contributed by atoms with van der Waals surface area (Å²) >= 11 is 0. The predicted molar refractivity (Wildman–Crippen MR) is 76.8 cm³/mol. The lowest BCUT2D eigenvalue weighted by atomic mass is 10.1. The van der Waals surface area contributed by atoms with Crippen LogP contribution in [0, 0.1) is 6.92 Å². The fraction of sp³-hybridized carbons (Fsp3) is 0.143. The average molecular weight is 282 g/mol. The van der Waals surface area contributed by atoms with Gasteiger partial charge in [-0.15, -0.1) is 0 Å². The zero-order chi connectivity index (χ0) is 14.7.